The van der Waals surface area contributed by atoms with E-state index in [0.29, 0.717) is 25.0 Å². The monoisotopic (exact) mass is 241 g/mol. The van der Waals surface area contributed by atoms with Crippen LogP contribution in [0.1, 0.15) is 20.8 Å². The van der Waals surface area contributed by atoms with Gasteiger partial charge in [0.2, 0.25) is 11.9 Å². The zero-order valence-corrected chi connectivity index (χ0v) is 10.4. The zero-order valence-electron chi connectivity index (χ0n) is 10.4. The van der Waals surface area contributed by atoms with Crippen molar-refractivity contribution in [2.75, 3.05) is 30.4 Å². The second-order valence-corrected chi connectivity index (χ2v) is 3.46. The molecule has 17 heavy (non-hydrogen) atoms. The van der Waals surface area contributed by atoms with E-state index in [9.17, 15) is 0 Å². The third-order valence-corrected chi connectivity index (χ3v) is 1.87. The Labute approximate surface area is 101 Å². The van der Waals surface area contributed by atoms with E-state index in [1.807, 2.05) is 20.8 Å². The first-order valence-corrected chi connectivity index (χ1v) is 5.69. The van der Waals surface area contributed by atoms with E-state index in [-0.39, 0.29) is 18.7 Å². The number of nitrogens with zero attached hydrogens (tertiary/aromatic N) is 3. The van der Waals surface area contributed by atoms with Crippen LogP contribution in [0.5, 0.6) is 6.01 Å². The zero-order chi connectivity index (χ0) is 12.7. The lowest BCUT2D eigenvalue weighted by atomic mass is 10.4. The van der Waals surface area contributed by atoms with Gasteiger partial charge in [-0.2, -0.15) is 15.0 Å². The summed E-state index contributed by atoms with van der Waals surface area (Å²) in [6.07, 6.45) is 0. The van der Waals surface area contributed by atoms with Gasteiger partial charge < -0.3 is 20.5 Å². The average Bonchev–Trinajstić information content (AvgIpc) is 2.29. The van der Waals surface area contributed by atoms with Crippen LogP contribution in [0.15, 0.2) is 0 Å². The van der Waals surface area contributed by atoms with Crippen LogP contribution in [0.3, 0.4) is 0 Å². The fourth-order valence-electron chi connectivity index (χ4n) is 1.12. The van der Waals surface area contributed by atoms with Crippen molar-refractivity contribution >= 4 is 11.9 Å². The van der Waals surface area contributed by atoms with E-state index in [4.69, 9.17) is 9.84 Å². The number of hydrogen-bond acceptors (Lipinski definition) is 7. The molecule has 1 unspecified atom stereocenters. The van der Waals surface area contributed by atoms with Crippen molar-refractivity contribution < 1.29 is 9.84 Å². The Hall–Kier alpha value is -1.63. The summed E-state index contributed by atoms with van der Waals surface area (Å²) < 4.78 is 5.24. The van der Waals surface area contributed by atoms with Gasteiger partial charge in [0.1, 0.15) is 0 Å². The van der Waals surface area contributed by atoms with Gasteiger partial charge in [-0.25, -0.2) is 0 Å². The van der Waals surface area contributed by atoms with Crippen molar-refractivity contribution in [3.63, 3.8) is 0 Å². The Morgan fingerprint density at radius 2 is 1.94 bits per heavy atom. The number of ether oxygens (including phenoxy) is 1. The Bertz CT molecular complexity index is 323. The fraction of sp³-hybridized carbons (Fsp3) is 0.700. The second-order valence-electron chi connectivity index (χ2n) is 3.46. The summed E-state index contributed by atoms with van der Waals surface area (Å²) >= 11 is 0. The minimum atomic E-state index is -0.124. The molecule has 96 valence electrons. The Morgan fingerprint density at radius 3 is 2.53 bits per heavy atom. The maximum absolute atomic E-state index is 8.96. The molecule has 0 aliphatic carbocycles. The van der Waals surface area contributed by atoms with Crippen LogP contribution in [-0.4, -0.2) is 45.9 Å². The van der Waals surface area contributed by atoms with E-state index >= 15 is 0 Å². The summed E-state index contributed by atoms with van der Waals surface area (Å²) in [7, 11) is 0. The molecule has 1 aromatic rings. The Kier molecular flexibility index (Phi) is 5.41. The van der Waals surface area contributed by atoms with Crippen LogP contribution in [0.4, 0.5) is 11.9 Å². The van der Waals surface area contributed by atoms with Crippen LogP contribution in [0.2, 0.25) is 0 Å². The molecule has 0 bridgehead atoms. The van der Waals surface area contributed by atoms with Crippen molar-refractivity contribution in [3.05, 3.63) is 0 Å². The predicted octanol–water partition coefficient (Wildman–Crippen LogP) is 0.495. The van der Waals surface area contributed by atoms with Crippen molar-refractivity contribution in [2.24, 2.45) is 0 Å². The molecule has 1 atom stereocenters. The normalized spacial score (nSPS) is 12.0. The van der Waals surface area contributed by atoms with Crippen LogP contribution >= 0.6 is 0 Å². The summed E-state index contributed by atoms with van der Waals surface area (Å²) in [4.78, 5) is 12.3. The molecule has 1 rings (SSSR count). The third-order valence-electron chi connectivity index (χ3n) is 1.87. The summed E-state index contributed by atoms with van der Waals surface area (Å²) in [6, 6.07) is 0.146. The van der Waals surface area contributed by atoms with Gasteiger partial charge in [-0.3, -0.25) is 0 Å². The van der Waals surface area contributed by atoms with Gasteiger partial charge in [0.05, 0.1) is 13.2 Å². The van der Waals surface area contributed by atoms with Crippen LogP contribution < -0.4 is 15.4 Å². The lowest BCUT2D eigenvalue weighted by molar-refractivity contribution is 0.280. The highest BCUT2D eigenvalue weighted by Crippen LogP contribution is 2.11. The summed E-state index contributed by atoms with van der Waals surface area (Å²) in [5.41, 5.74) is 0. The predicted molar refractivity (Wildman–Crippen MR) is 65.3 cm³/mol. The highest BCUT2D eigenvalue weighted by Gasteiger charge is 2.08. The third kappa shape index (κ3) is 4.39. The van der Waals surface area contributed by atoms with Gasteiger partial charge in [0, 0.05) is 12.6 Å². The molecule has 0 radical (unpaired) electrons. The number of anilines is 2. The maximum atomic E-state index is 8.96. The van der Waals surface area contributed by atoms with E-state index in [1.54, 1.807) is 0 Å². The first kappa shape index (κ1) is 13.4. The molecule has 0 aromatic carbocycles. The highest BCUT2D eigenvalue weighted by atomic mass is 16.5. The molecule has 1 heterocycles. The van der Waals surface area contributed by atoms with Crippen molar-refractivity contribution in [1.29, 1.82) is 0 Å². The second kappa shape index (κ2) is 6.85. The summed E-state index contributed by atoms with van der Waals surface area (Å²) in [5, 5.41) is 14.9. The molecule has 0 fully saturated rings. The molecule has 0 spiro atoms. The van der Waals surface area contributed by atoms with E-state index < -0.39 is 0 Å². The largest absolute Gasteiger partial charge is 0.464 e. The van der Waals surface area contributed by atoms with Crippen molar-refractivity contribution in [3.8, 4) is 6.01 Å². The smallest absolute Gasteiger partial charge is 0.323 e. The quantitative estimate of drug-likeness (QED) is 0.640. The first-order chi connectivity index (χ1) is 8.19. The molecule has 1 aromatic heterocycles. The molecule has 0 amide bonds. The number of rotatable bonds is 7. The van der Waals surface area contributed by atoms with E-state index in [1.165, 1.54) is 0 Å². The molecule has 7 nitrogen and oxygen atoms in total. The maximum Gasteiger partial charge on any atom is 0.323 e. The van der Waals surface area contributed by atoms with Gasteiger partial charge in [-0.1, -0.05) is 0 Å². The average molecular weight is 241 g/mol. The highest BCUT2D eigenvalue weighted by molar-refractivity contribution is 5.36. The number of aromatic nitrogens is 3. The van der Waals surface area contributed by atoms with Gasteiger partial charge >= 0.3 is 6.01 Å². The lowest BCUT2D eigenvalue weighted by Crippen LogP contribution is -2.21. The number of hydrogen-bond donors (Lipinski definition) is 3. The first-order valence-electron chi connectivity index (χ1n) is 5.69. The minimum absolute atomic E-state index is 0.00614. The van der Waals surface area contributed by atoms with Crippen LogP contribution in [0.25, 0.3) is 0 Å². The van der Waals surface area contributed by atoms with Gasteiger partial charge in [0.25, 0.3) is 0 Å². The Morgan fingerprint density at radius 1 is 1.24 bits per heavy atom. The molecule has 7 heteroatoms. The van der Waals surface area contributed by atoms with Gasteiger partial charge in [0.15, 0.2) is 0 Å². The molecule has 0 saturated carbocycles. The van der Waals surface area contributed by atoms with Crippen molar-refractivity contribution in [1.82, 2.24) is 15.0 Å². The molecular formula is C10H19N5O2. The van der Waals surface area contributed by atoms with Gasteiger partial charge in [-0.05, 0) is 20.8 Å². The molecule has 0 saturated heterocycles. The molecular weight excluding hydrogens is 222 g/mol. The molecule has 3 N–H and O–H groups in total. The fourth-order valence-corrected chi connectivity index (χ4v) is 1.12. The van der Waals surface area contributed by atoms with E-state index in [2.05, 4.69) is 25.6 Å². The summed E-state index contributed by atoms with van der Waals surface area (Å²) in [5.74, 6) is 0.847. The summed E-state index contributed by atoms with van der Waals surface area (Å²) in [6.45, 7) is 6.85. The van der Waals surface area contributed by atoms with Crippen LogP contribution in [-0.2, 0) is 0 Å². The lowest BCUT2D eigenvalue weighted by Gasteiger charge is -2.12. The van der Waals surface area contributed by atoms with E-state index in [0.717, 1.165) is 0 Å². The van der Waals surface area contributed by atoms with Crippen molar-refractivity contribution in [2.45, 2.75) is 26.8 Å². The Balaban J connectivity index is 2.86. The SMILES string of the molecule is CCNc1nc(NC(C)CO)nc(OCC)n1. The van der Waals surface area contributed by atoms with Gasteiger partial charge in [-0.15, -0.1) is 0 Å². The number of aliphatic hydroxyl groups excluding tert-OH is 1. The molecule has 0 aliphatic rings. The number of nitrogens with one attached hydrogen (secondary N) is 2. The minimum Gasteiger partial charge on any atom is -0.464 e. The molecule has 0 aliphatic heterocycles. The topological polar surface area (TPSA) is 92.2 Å². The standard InChI is InChI=1S/C10H19N5O2/c1-4-11-8-13-9(12-7(3)6-16)15-10(14-8)17-5-2/h7,16H,4-6H2,1-3H3,(H2,11,12,13,14,15). The van der Waals surface area contributed by atoms with Crippen LogP contribution in [0, 0.1) is 0 Å². The number of aliphatic hydroxyl groups is 1.